The van der Waals surface area contributed by atoms with Crippen LogP contribution >= 0.6 is 0 Å². The van der Waals surface area contributed by atoms with Gasteiger partial charge in [-0.1, -0.05) is 19.1 Å². The molecule has 0 saturated carbocycles. The van der Waals surface area contributed by atoms with E-state index in [-0.39, 0.29) is 11.8 Å². The molecule has 29 heavy (non-hydrogen) atoms. The lowest BCUT2D eigenvalue weighted by atomic mass is 9.96. The standard InChI is InChI=1S/C23H29N5O/c1-4-9-25-23(29)18-7-11-27(12-8-18)22-21-15-20(26-28(21)13-10-24-22)19-6-5-16(2)17(3)14-19/h5-6,10,13-15,18H,4,7-9,11-12H2,1-3H3,(H,25,29). The SMILES string of the molecule is CCCNC(=O)C1CCN(c2nccn3nc(-c4ccc(C)c(C)c4)cc23)CC1. The maximum absolute atomic E-state index is 12.3. The number of amides is 1. The average Bonchev–Trinajstić information content (AvgIpc) is 3.18. The number of hydrogen-bond acceptors (Lipinski definition) is 4. The van der Waals surface area contributed by atoms with Crippen molar-refractivity contribution in [2.24, 2.45) is 5.92 Å². The van der Waals surface area contributed by atoms with Gasteiger partial charge in [0.25, 0.3) is 0 Å². The maximum atomic E-state index is 12.3. The zero-order valence-corrected chi connectivity index (χ0v) is 17.5. The first-order chi connectivity index (χ1) is 14.1. The number of anilines is 1. The summed E-state index contributed by atoms with van der Waals surface area (Å²) >= 11 is 0. The Morgan fingerprint density at radius 2 is 1.97 bits per heavy atom. The first-order valence-corrected chi connectivity index (χ1v) is 10.5. The monoisotopic (exact) mass is 391 g/mol. The van der Waals surface area contributed by atoms with E-state index in [4.69, 9.17) is 5.10 Å². The Balaban J connectivity index is 1.55. The van der Waals surface area contributed by atoms with Gasteiger partial charge in [0.2, 0.25) is 5.91 Å². The second kappa shape index (κ2) is 8.23. The molecule has 0 bridgehead atoms. The van der Waals surface area contributed by atoms with Gasteiger partial charge in [0.1, 0.15) is 5.52 Å². The molecule has 3 heterocycles. The number of hydrogen-bond donors (Lipinski definition) is 1. The Morgan fingerprint density at radius 3 is 2.69 bits per heavy atom. The minimum atomic E-state index is 0.105. The molecule has 0 unspecified atom stereocenters. The van der Waals surface area contributed by atoms with Gasteiger partial charge < -0.3 is 10.2 Å². The van der Waals surface area contributed by atoms with Crippen LogP contribution in [0.2, 0.25) is 0 Å². The molecule has 1 fully saturated rings. The first-order valence-electron chi connectivity index (χ1n) is 10.5. The summed E-state index contributed by atoms with van der Waals surface area (Å²) in [5.74, 6) is 1.25. The van der Waals surface area contributed by atoms with Crippen molar-refractivity contribution in [1.29, 1.82) is 0 Å². The van der Waals surface area contributed by atoms with Crippen molar-refractivity contribution < 1.29 is 4.79 Å². The molecule has 1 saturated heterocycles. The van der Waals surface area contributed by atoms with Gasteiger partial charge in [-0.15, -0.1) is 0 Å². The molecule has 6 nitrogen and oxygen atoms in total. The Morgan fingerprint density at radius 1 is 1.17 bits per heavy atom. The number of aryl methyl sites for hydroxylation is 2. The number of carbonyl (C=O) groups is 1. The topological polar surface area (TPSA) is 62.5 Å². The van der Waals surface area contributed by atoms with Crippen molar-refractivity contribution in [2.45, 2.75) is 40.0 Å². The summed E-state index contributed by atoms with van der Waals surface area (Å²) in [6.07, 6.45) is 6.39. The molecule has 152 valence electrons. The first kappa shape index (κ1) is 19.4. The molecule has 3 aromatic rings. The van der Waals surface area contributed by atoms with Crippen LogP contribution in [-0.2, 0) is 4.79 Å². The maximum Gasteiger partial charge on any atom is 0.223 e. The lowest BCUT2D eigenvalue weighted by Gasteiger charge is -2.32. The van der Waals surface area contributed by atoms with Gasteiger partial charge in [-0.3, -0.25) is 4.79 Å². The van der Waals surface area contributed by atoms with Gasteiger partial charge in [-0.2, -0.15) is 5.10 Å². The van der Waals surface area contributed by atoms with E-state index < -0.39 is 0 Å². The fourth-order valence-electron chi connectivity index (χ4n) is 3.94. The molecule has 0 aliphatic carbocycles. The second-order valence-corrected chi connectivity index (χ2v) is 7.96. The molecule has 0 spiro atoms. The van der Waals surface area contributed by atoms with E-state index in [1.54, 1.807) is 6.20 Å². The lowest BCUT2D eigenvalue weighted by molar-refractivity contribution is -0.125. The van der Waals surface area contributed by atoms with Gasteiger partial charge in [-0.05, 0) is 56.4 Å². The van der Waals surface area contributed by atoms with Gasteiger partial charge in [0.15, 0.2) is 5.82 Å². The quantitative estimate of drug-likeness (QED) is 0.719. The summed E-state index contributed by atoms with van der Waals surface area (Å²) < 4.78 is 1.91. The van der Waals surface area contributed by atoms with E-state index in [1.165, 1.54) is 11.1 Å². The van der Waals surface area contributed by atoms with Crippen LogP contribution in [0.3, 0.4) is 0 Å². The highest BCUT2D eigenvalue weighted by molar-refractivity contribution is 5.79. The van der Waals surface area contributed by atoms with E-state index in [9.17, 15) is 4.79 Å². The minimum Gasteiger partial charge on any atom is -0.356 e. The van der Waals surface area contributed by atoms with Crippen molar-refractivity contribution in [1.82, 2.24) is 19.9 Å². The summed E-state index contributed by atoms with van der Waals surface area (Å²) in [5.41, 5.74) is 5.63. The molecular weight excluding hydrogens is 362 g/mol. The third-order valence-electron chi connectivity index (χ3n) is 5.89. The van der Waals surface area contributed by atoms with Crippen molar-refractivity contribution >= 4 is 17.2 Å². The molecule has 6 heteroatoms. The van der Waals surface area contributed by atoms with Crippen LogP contribution in [0.15, 0.2) is 36.7 Å². The van der Waals surface area contributed by atoms with Crippen molar-refractivity contribution in [3.8, 4) is 11.3 Å². The molecule has 1 amide bonds. The summed E-state index contributed by atoms with van der Waals surface area (Å²) in [5, 5.41) is 7.80. The normalized spacial score (nSPS) is 15.1. The van der Waals surface area contributed by atoms with Crippen molar-refractivity contribution in [3.05, 3.63) is 47.8 Å². The van der Waals surface area contributed by atoms with Crippen molar-refractivity contribution in [2.75, 3.05) is 24.5 Å². The predicted molar refractivity (Wildman–Crippen MR) is 116 cm³/mol. The van der Waals surface area contributed by atoms with Crippen molar-refractivity contribution in [3.63, 3.8) is 0 Å². The number of fused-ring (bicyclic) bond motifs is 1. The van der Waals surface area contributed by atoms with Gasteiger partial charge >= 0.3 is 0 Å². The van der Waals surface area contributed by atoms with E-state index in [0.29, 0.717) is 0 Å². The zero-order chi connectivity index (χ0) is 20.4. The van der Waals surface area contributed by atoms with Crippen LogP contribution in [0.25, 0.3) is 16.8 Å². The molecule has 1 N–H and O–H groups in total. The number of nitrogens with one attached hydrogen (secondary N) is 1. The zero-order valence-electron chi connectivity index (χ0n) is 17.5. The van der Waals surface area contributed by atoms with Crippen LogP contribution in [0.1, 0.15) is 37.3 Å². The Kier molecular flexibility index (Phi) is 5.51. The highest BCUT2D eigenvalue weighted by Crippen LogP contribution is 2.29. The highest BCUT2D eigenvalue weighted by Gasteiger charge is 2.26. The Bertz CT molecular complexity index is 1020. The largest absolute Gasteiger partial charge is 0.356 e. The van der Waals surface area contributed by atoms with Crippen LogP contribution in [0.4, 0.5) is 5.82 Å². The summed E-state index contributed by atoms with van der Waals surface area (Å²) in [6, 6.07) is 8.57. The molecule has 0 atom stereocenters. The number of rotatable bonds is 5. The highest BCUT2D eigenvalue weighted by atomic mass is 16.1. The number of benzene rings is 1. The smallest absolute Gasteiger partial charge is 0.223 e. The van der Waals surface area contributed by atoms with E-state index >= 15 is 0 Å². The fourth-order valence-corrected chi connectivity index (χ4v) is 3.94. The van der Waals surface area contributed by atoms with Crippen LogP contribution < -0.4 is 10.2 Å². The van der Waals surface area contributed by atoms with E-state index in [1.807, 2.05) is 10.7 Å². The third kappa shape index (κ3) is 3.97. The number of piperidine rings is 1. The third-order valence-corrected chi connectivity index (χ3v) is 5.89. The van der Waals surface area contributed by atoms with Gasteiger partial charge in [0.05, 0.1) is 5.69 Å². The number of carbonyl (C=O) groups excluding carboxylic acids is 1. The van der Waals surface area contributed by atoms with Gasteiger partial charge in [0, 0.05) is 43.5 Å². The second-order valence-electron chi connectivity index (χ2n) is 7.96. The molecular formula is C23H29N5O. The van der Waals surface area contributed by atoms with Crippen LogP contribution in [0, 0.1) is 19.8 Å². The lowest BCUT2D eigenvalue weighted by Crippen LogP contribution is -2.41. The van der Waals surface area contributed by atoms with E-state index in [0.717, 1.165) is 61.5 Å². The average molecular weight is 392 g/mol. The fraction of sp³-hybridized carbons (Fsp3) is 0.435. The molecule has 2 aromatic heterocycles. The van der Waals surface area contributed by atoms with Crippen LogP contribution in [-0.4, -0.2) is 40.1 Å². The predicted octanol–water partition coefficient (Wildman–Crippen LogP) is 3.76. The van der Waals surface area contributed by atoms with Gasteiger partial charge in [-0.25, -0.2) is 9.50 Å². The van der Waals surface area contributed by atoms with Crippen LogP contribution in [0.5, 0.6) is 0 Å². The molecule has 1 aromatic carbocycles. The minimum absolute atomic E-state index is 0.105. The molecule has 4 rings (SSSR count). The summed E-state index contributed by atoms with van der Waals surface area (Å²) in [6.45, 7) is 8.76. The molecule has 1 aliphatic heterocycles. The summed E-state index contributed by atoms with van der Waals surface area (Å²) in [4.78, 5) is 19.2. The Hall–Kier alpha value is -2.89. The number of aromatic nitrogens is 3. The number of nitrogens with zero attached hydrogens (tertiary/aromatic N) is 4. The van der Waals surface area contributed by atoms with E-state index in [2.05, 4.69) is 60.2 Å². The molecule has 0 radical (unpaired) electrons. The Labute approximate surface area is 171 Å². The summed E-state index contributed by atoms with van der Waals surface area (Å²) in [7, 11) is 0. The molecule has 1 aliphatic rings.